The number of fused-ring (bicyclic) bond motifs is 1. The molecule has 0 aromatic carbocycles. The summed E-state index contributed by atoms with van der Waals surface area (Å²) in [6, 6.07) is 0. The lowest BCUT2D eigenvalue weighted by Gasteiger charge is -2.23. The maximum Gasteiger partial charge on any atom is 0.342 e. The second-order valence-electron chi connectivity index (χ2n) is 6.84. The van der Waals surface area contributed by atoms with E-state index in [0.29, 0.717) is 17.6 Å². The van der Waals surface area contributed by atoms with Crippen LogP contribution in [0.25, 0.3) is 0 Å². The van der Waals surface area contributed by atoms with Crippen LogP contribution in [0, 0.1) is 17.3 Å². The summed E-state index contributed by atoms with van der Waals surface area (Å²) < 4.78 is 9.60. The average Bonchev–Trinajstić information content (AvgIpc) is 2.92. The van der Waals surface area contributed by atoms with E-state index in [1.807, 2.05) is 19.9 Å². The lowest BCUT2D eigenvalue weighted by atomic mass is 9.76. The third kappa shape index (κ3) is 2.32. The van der Waals surface area contributed by atoms with Gasteiger partial charge < -0.3 is 9.47 Å². The summed E-state index contributed by atoms with van der Waals surface area (Å²) in [7, 11) is 0. The van der Waals surface area contributed by atoms with Gasteiger partial charge in [-0.05, 0) is 31.6 Å². The van der Waals surface area contributed by atoms with Crippen molar-refractivity contribution in [2.75, 3.05) is 0 Å². The molecular formula is C18H20O6. The van der Waals surface area contributed by atoms with Crippen molar-refractivity contribution in [1.82, 2.24) is 0 Å². The number of carbonyl (C=O) groups is 4. The Hall–Kier alpha value is -2.24. The van der Waals surface area contributed by atoms with Crippen LogP contribution in [0.2, 0.25) is 0 Å². The third-order valence-electron chi connectivity index (χ3n) is 5.47. The van der Waals surface area contributed by atoms with Gasteiger partial charge in [0, 0.05) is 17.6 Å². The van der Waals surface area contributed by atoms with Crippen molar-refractivity contribution in [3.8, 4) is 0 Å². The predicted molar refractivity (Wildman–Crippen MR) is 82.2 cm³/mol. The van der Waals surface area contributed by atoms with Gasteiger partial charge in [-0.15, -0.1) is 0 Å². The largest absolute Gasteiger partial charge is 0.389 e. The second kappa shape index (κ2) is 5.69. The van der Waals surface area contributed by atoms with Crippen molar-refractivity contribution in [3.63, 3.8) is 0 Å². The van der Waals surface area contributed by atoms with Crippen molar-refractivity contribution in [2.24, 2.45) is 17.3 Å². The SMILES string of the molecule is CCC1/C=C2/C(=O)OC(=O)C2(C)CC2=C(CC1CC)C(=O)OC2=O. The van der Waals surface area contributed by atoms with E-state index in [1.54, 1.807) is 6.92 Å². The number of hydrogen-bond donors (Lipinski definition) is 0. The molecule has 0 bridgehead atoms. The Balaban J connectivity index is 2.20. The van der Waals surface area contributed by atoms with Crippen LogP contribution in [0.1, 0.15) is 46.5 Å². The molecule has 0 radical (unpaired) electrons. The topological polar surface area (TPSA) is 86.7 Å². The maximum absolute atomic E-state index is 12.3. The quantitative estimate of drug-likeness (QED) is 0.569. The summed E-state index contributed by atoms with van der Waals surface area (Å²) in [6.07, 6.45) is 3.72. The van der Waals surface area contributed by atoms with Gasteiger partial charge in [0.2, 0.25) is 0 Å². The van der Waals surface area contributed by atoms with Crippen LogP contribution in [-0.4, -0.2) is 23.9 Å². The van der Waals surface area contributed by atoms with Crippen molar-refractivity contribution < 1.29 is 28.7 Å². The molecule has 128 valence electrons. The van der Waals surface area contributed by atoms with Crippen LogP contribution in [0.4, 0.5) is 0 Å². The molecule has 3 aliphatic rings. The van der Waals surface area contributed by atoms with Gasteiger partial charge in [-0.1, -0.05) is 26.3 Å². The number of cyclic esters (lactones) is 4. The van der Waals surface area contributed by atoms with Gasteiger partial charge in [0.05, 0.1) is 5.57 Å². The third-order valence-corrected chi connectivity index (χ3v) is 5.47. The van der Waals surface area contributed by atoms with E-state index < -0.39 is 29.3 Å². The molecule has 6 heteroatoms. The zero-order valence-electron chi connectivity index (χ0n) is 14.0. The number of rotatable bonds is 2. The van der Waals surface area contributed by atoms with Crippen LogP contribution < -0.4 is 0 Å². The van der Waals surface area contributed by atoms with E-state index in [0.717, 1.165) is 12.8 Å². The van der Waals surface area contributed by atoms with E-state index in [2.05, 4.69) is 0 Å². The molecule has 24 heavy (non-hydrogen) atoms. The average molecular weight is 332 g/mol. The molecule has 0 spiro atoms. The lowest BCUT2D eigenvalue weighted by Crippen LogP contribution is -2.27. The fourth-order valence-corrected chi connectivity index (χ4v) is 3.86. The van der Waals surface area contributed by atoms with E-state index in [4.69, 9.17) is 9.47 Å². The zero-order valence-corrected chi connectivity index (χ0v) is 14.0. The Morgan fingerprint density at radius 1 is 1.00 bits per heavy atom. The van der Waals surface area contributed by atoms with Gasteiger partial charge in [-0.3, -0.25) is 4.79 Å². The Morgan fingerprint density at radius 2 is 1.67 bits per heavy atom. The van der Waals surface area contributed by atoms with Crippen LogP contribution in [-0.2, 0) is 28.7 Å². The van der Waals surface area contributed by atoms with Crippen molar-refractivity contribution in [3.05, 3.63) is 22.8 Å². The van der Waals surface area contributed by atoms with Crippen LogP contribution >= 0.6 is 0 Å². The highest BCUT2D eigenvalue weighted by Crippen LogP contribution is 2.47. The molecule has 1 aliphatic carbocycles. The Bertz CT molecular complexity index is 713. The molecule has 0 saturated carbocycles. The first-order valence-electron chi connectivity index (χ1n) is 8.29. The minimum absolute atomic E-state index is 0.0122. The first-order valence-corrected chi connectivity index (χ1v) is 8.29. The fourth-order valence-electron chi connectivity index (χ4n) is 3.86. The zero-order chi connectivity index (χ0) is 17.6. The molecule has 6 nitrogen and oxygen atoms in total. The van der Waals surface area contributed by atoms with Crippen molar-refractivity contribution >= 4 is 23.9 Å². The first-order chi connectivity index (χ1) is 11.3. The molecule has 1 saturated heterocycles. The maximum atomic E-state index is 12.3. The second-order valence-corrected chi connectivity index (χ2v) is 6.84. The predicted octanol–water partition coefficient (Wildman–Crippen LogP) is 2.23. The van der Waals surface area contributed by atoms with E-state index in [1.165, 1.54) is 0 Å². The lowest BCUT2D eigenvalue weighted by molar-refractivity contribution is -0.154. The number of esters is 4. The summed E-state index contributed by atoms with van der Waals surface area (Å²) in [4.78, 5) is 48.7. The summed E-state index contributed by atoms with van der Waals surface area (Å²) >= 11 is 0. The fraction of sp³-hybridized carbons (Fsp3) is 0.556. The molecule has 3 atom stereocenters. The Kier molecular flexibility index (Phi) is 3.94. The normalized spacial score (nSPS) is 35.4. The molecule has 0 amide bonds. The van der Waals surface area contributed by atoms with E-state index >= 15 is 0 Å². The number of hydrogen-bond acceptors (Lipinski definition) is 6. The van der Waals surface area contributed by atoms with Crippen LogP contribution in [0.5, 0.6) is 0 Å². The number of carbonyl (C=O) groups excluding carboxylic acids is 4. The van der Waals surface area contributed by atoms with E-state index in [9.17, 15) is 19.2 Å². The first kappa shape index (κ1) is 16.6. The highest BCUT2D eigenvalue weighted by atomic mass is 16.6. The summed E-state index contributed by atoms with van der Waals surface area (Å²) in [6.45, 7) is 5.59. The van der Waals surface area contributed by atoms with Crippen molar-refractivity contribution in [2.45, 2.75) is 46.5 Å². The van der Waals surface area contributed by atoms with Gasteiger partial charge in [0.25, 0.3) is 0 Å². The molecule has 0 aromatic heterocycles. The van der Waals surface area contributed by atoms with Gasteiger partial charge in [0.1, 0.15) is 5.41 Å². The summed E-state index contributed by atoms with van der Waals surface area (Å²) in [5, 5.41) is 0. The highest BCUT2D eigenvalue weighted by Gasteiger charge is 2.53. The molecule has 1 fully saturated rings. The number of allylic oxidation sites excluding steroid dienone is 1. The minimum atomic E-state index is -1.25. The van der Waals surface area contributed by atoms with Gasteiger partial charge in [-0.2, -0.15) is 0 Å². The number of ether oxygens (including phenoxy) is 2. The molecule has 2 heterocycles. The van der Waals surface area contributed by atoms with Crippen LogP contribution in [0.15, 0.2) is 22.8 Å². The van der Waals surface area contributed by atoms with E-state index in [-0.39, 0.29) is 23.8 Å². The monoisotopic (exact) mass is 332 g/mol. The van der Waals surface area contributed by atoms with Crippen molar-refractivity contribution in [1.29, 1.82) is 0 Å². The molecule has 0 N–H and O–H groups in total. The van der Waals surface area contributed by atoms with Gasteiger partial charge in [-0.25, -0.2) is 14.4 Å². The standard InChI is InChI=1S/C18H20O6/c1-4-9-6-11-12(15(20)23-14(11)19)8-18(3)13(7-10(9)5-2)16(21)24-17(18)22/h7,9-10H,4-6,8H2,1-3H3/b13-7-. The van der Waals surface area contributed by atoms with Crippen LogP contribution in [0.3, 0.4) is 0 Å². The van der Waals surface area contributed by atoms with Gasteiger partial charge in [0.15, 0.2) is 0 Å². The summed E-state index contributed by atoms with van der Waals surface area (Å²) in [5.41, 5.74) is -0.417. The Morgan fingerprint density at radius 3 is 2.29 bits per heavy atom. The molecule has 2 aliphatic heterocycles. The molecule has 3 unspecified atom stereocenters. The molecular weight excluding hydrogens is 312 g/mol. The highest BCUT2D eigenvalue weighted by molar-refractivity contribution is 6.14. The molecule has 3 rings (SSSR count). The smallest absolute Gasteiger partial charge is 0.342 e. The molecule has 0 aromatic rings. The Labute approximate surface area is 139 Å². The van der Waals surface area contributed by atoms with Gasteiger partial charge >= 0.3 is 23.9 Å². The minimum Gasteiger partial charge on any atom is -0.389 e. The summed E-state index contributed by atoms with van der Waals surface area (Å²) in [5.74, 6) is -2.59.